The molecule has 0 N–H and O–H groups in total. The molecule has 4 aromatic rings. The van der Waals surface area contributed by atoms with Crippen LogP contribution in [0.4, 0.5) is 5.82 Å². The maximum Gasteiger partial charge on any atom is 0.274 e. The molecule has 4 aromatic heterocycles. The van der Waals surface area contributed by atoms with Crippen LogP contribution in [0.1, 0.15) is 16.2 Å². The minimum absolute atomic E-state index is 0.0647. The van der Waals surface area contributed by atoms with Crippen molar-refractivity contribution in [2.24, 2.45) is 0 Å². The number of carbonyl (C=O) groups is 1. The number of carbonyl (C=O) groups excluding carboxylic acids is 1. The largest absolute Gasteiger partial charge is 0.352 e. The Morgan fingerprint density at radius 2 is 1.78 bits per heavy atom. The van der Waals surface area contributed by atoms with Crippen molar-refractivity contribution in [1.82, 2.24) is 39.3 Å². The summed E-state index contributed by atoms with van der Waals surface area (Å²) >= 11 is 0. The lowest BCUT2D eigenvalue weighted by atomic mass is 10.2. The molecule has 0 radical (unpaired) electrons. The molecule has 0 aromatic carbocycles. The predicted molar refractivity (Wildman–Crippen MR) is 96.6 cm³/mol. The van der Waals surface area contributed by atoms with E-state index >= 15 is 0 Å². The van der Waals surface area contributed by atoms with E-state index in [2.05, 4.69) is 30.3 Å². The summed E-state index contributed by atoms with van der Waals surface area (Å²) < 4.78 is 3.30. The quantitative estimate of drug-likeness (QED) is 0.510. The van der Waals surface area contributed by atoms with Gasteiger partial charge in [0.2, 0.25) is 0 Å². The lowest BCUT2D eigenvalue weighted by molar-refractivity contribution is 0.0739. The Bertz CT molecular complexity index is 1140. The Morgan fingerprint density at radius 3 is 2.63 bits per heavy atom. The number of amides is 1. The van der Waals surface area contributed by atoms with Gasteiger partial charge in [-0.15, -0.1) is 15.3 Å². The summed E-state index contributed by atoms with van der Waals surface area (Å²) in [5.41, 5.74) is 2.75. The number of nitrogens with zero attached hydrogens (tertiary/aromatic N) is 9. The Kier molecular flexibility index (Phi) is 3.49. The van der Waals surface area contributed by atoms with Crippen molar-refractivity contribution in [3.05, 3.63) is 48.2 Å². The lowest BCUT2D eigenvalue weighted by Crippen LogP contribution is -2.49. The molecule has 5 rings (SSSR count). The fourth-order valence-electron chi connectivity index (χ4n) is 3.30. The molecule has 10 heteroatoms. The van der Waals surface area contributed by atoms with Crippen molar-refractivity contribution in [2.45, 2.75) is 6.92 Å². The molecule has 0 bridgehead atoms. The van der Waals surface area contributed by atoms with Gasteiger partial charge in [-0.3, -0.25) is 4.79 Å². The second-order valence-corrected chi connectivity index (χ2v) is 6.51. The molecule has 0 aliphatic carbocycles. The first-order chi connectivity index (χ1) is 13.2. The van der Waals surface area contributed by atoms with Gasteiger partial charge in [-0.25, -0.2) is 9.50 Å². The van der Waals surface area contributed by atoms with Crippen LogP contribution in [0.2, 0.25) is 0 Å². The monoisotopic (exact) mass is 363 g/mol. The first kappa shape index (κ1) is 15.7. The summed E-state index contributed by atoms with van der Waals surface area (Å²) in [5.74, 6) is 0.785. The molecular weight excluding hydrogens is 346 g/mol. The SMILES string of the molecule is Cc1cn2nc(C(=O)N3CCN(c4ccc5nncn5n4)CC3)ccc2n1. The number of rotatable bonds is 2. The van der Waals surface area contributed by atoms with E-state index < -0.39 is 0 Å². The van der Waals surface area contributed by atoms with Gasteiger partial charge in [-0.2, -0.15) is 9.61 Å². The molecule has 1 fully saturated rings. The van der Waals surface area contributed by atoms with Crippen molar-refractivity contribution in [2.75, 3.05) is 31.1 Å². The van der Waals surface area contributed by atoms with Crippen LogP contribution >= 0.6 is 0 Å². The highest BCUT2D eigenvalue weighted by Crippen LogP contribution is 2.15. The minimum Gasteiger partial charge on any atom is -0.352 e. The van der Waals surface area contributed by atoms with Crippen molar-refractivity contribution < 1.29 is 4.79 Å². The fourth-order valence-corrected chi connectivity index (χ4v) is 3.30. The van der Waals surface area contributed by atoms with Crippen molar-refractivity contribution >= 4 is 23.0 Å². The zero-order valence-corrected chi connectivity index (χ0v) is 14.7. The Hall–Kier alpha value is -3.56. The summed E-state index contributed by atoms with van der Waals surface area (Å²) in [6.07, 6.45) is 3.40. The summed E-state index contributed by atoms with van der Waals surface area (Å²) in [6, 6.07) is 7.37. The zero-order chi connectivity index (χ0) is 18.4. The predicted octanol–water partition coefficient (Wildman–Crippen LogP) is 0.438. The molecule has 1 saturated heterocycles. The van der Waals surface area contributed by atoms with Crippen molar-refractivity contribution in [3.63, 3.8) is 0 Å². The number of hydrogen-bond donors (Lipinski definition) is 0. The van der Waals surface area contributed by atoms with Crippen LogP contribution in [0.25, 0.3) is 11.3 Å². The molecule has 10 nitrogen and oxygen atoms in total. The standard InChI is InChI=1S/C17H17N9O/c1-12-10-25-14(19-12)3-2-13(21-25)17(27)24-8-6-23(7-9-24)16-5-4-15-20-18-11-26(15)22-16/h2-5,10-11H,6-9H2,1H3. The second kappa shape index (κ2) is 6.01. The number of aryl methyl sites for hydroxylation is 1. The fraction of sp³-hybridized carbons (Fsp3) is 0.294. The van der Waals surface area contributed by atoms with Gasteiger partial charge in [-0.05, 0) is 31.2 Å². The highest BCUT2D eigenvalue weighted by atomic mass is 16.2. The smallest absolute Gasteiger partial charge is 0.274 e. The van der Waals surface area contributed by atoms with E-state index in [0.29, 0.717) is 37.5 Å². The lowest BCUT2D eigenvalue weighted by Gasteiger charge is -2.35. The molecule has 0 saturated carbocycles. The molecule has 1 aliphatic rings. The average Bonchev–Trinajstić information content (AvgIpc) is 3.31. The van der Waals surface area contributed by atoms with Crippen molar-refractivity contribution in [3.8, 4) is 0 Å². The maximum atomic E-state index is 12.8. The van der Waals surface area contributed by atoms with Gasteiger partial charge < -0.3 is 9.80 Å². The number of aromatic nitrogens is 7. The molecule has 0 atom stereocenters. The normalized spacial score (nSPS) is 15.0. The molecule has 27 heavy (non-hydrogen) atoms. The second-order valence-electron chi connectivity index (χ2n) is 6.51. The molecule has 136 valence electrons. The molecule has 1 amide bonds. The van der Waals surface area contributed by atoms with Crippen LogP contribution in [-0.4, -0.2) is 71.4 Å². The van der Waals surface area contributed by atoms with Gasteiger partial charge >= 0.3 is 0 Å². The molecule has 0 spiro atoms. The third-order valence-corrected chi connectivity index (χ3v) is 4.70. The number of anilines is 1. The van der Waals surface area contributed by atoms with Gasteiger partial charge in [-0.1, -0.05) is 0 Å². The van der Waals surface area contributed by atoms with E-state index in [1.165, 1.54) is 0 Å². The van der Waals surface area contributed by atoms with Crippen molar-refractivity contribution in [1.29, 1.82) is 0 Å². The van der Waals surface area contributed by atoms with Crippen LogP contribution in [0, 0.1) is 6.92 Å². The first-order valence-corrected chi connectivity index (χ1v) is 8.72. The van der Waals surface area contributed by atoms with Gasteiger partial charge in [0.25, 0.3) is 5.91 Å². The number of hydrogen-bond acceptors (Lipinski definition) is 7. The van der Waals surface area contributed by atoms with E-state index in [4.69, 9.17) is 0 Å². The topological polar surface area (TPSA) is 96.8 Å². The Balaban J connectivity index is 1.30. The van der Waals surface area contributed by atoms with E-state index in [9.17, 15) is 4.79 Å². The van der Waals surface area contributed by atoms with E-state index in [1.807, 2.05) is 36.2 Å². The maximum absolute atomic E-state index is 12.8. The van der Waals surface area contributed by atoms with Gasteiger partial charge in [0.05, 0.1) is 11.9 Å². The van der Waals surface area contributed by atoms with E-state index in [0.717, 1.165) is 17.2 Å². The van der Waals surface area contributed by atoms with Crippen LogP contribution in [0.3, 0.4) is 0 Å². The first-order valence-electron chi connectivity index (χ1n) is 8.72. The number of imidazole rings is 1. The third kappa shape index (κ3) is 2.75. The van der Waals surface area contributed by atoms with Gasteiger partial charge in [0.1, 0.15) is 17.8 Å². The summed E-state index contributed by atoms with van der Waals surface area (Å²) in [7, 11) is 0. The molecular formula is C17H17N9O. The van der Waals surface area contributed by atoms with Crippen LogP contribution < -0.4 is 4.90 Å². The highest BCUT2D eigenvalue weighted by Gasteiger charge is 2.24. The van der Waals surface area contributed by atoms with Crippen LogP contribution in [0.15, 0.2) is 36.8 Å². The number of piperazine rings is 1. The van der Waals surface area contributed by atoms with Crippen LogP contribution in [-0.2, 0) is 0 Å². The Morgan fingerprint density at radius 1 is 0.963 bits per heavy atom. The summed E-state index contributed by atoms with van der Waals surface area (Å²) in [5, 5.41) is 16.7. The third-order valence-electron chi connectivity index (χ3n) is 4.70. The molecule has 1 aliphatic heterocycles. The number of fused-ring (bicyclic) bond motifs is 2. The average molecular weight is 363 g/mol. The van der Waals surface area contributed by atoms with Gasteiger partial charge in [0.15, 0.2) is 11.3 Å². The van der Waals surface area contributed by atoms with E-state index in [-0.39, 0.29) is 5.91 Å². The zero-order valence-electron chi connectivity index (χ0n) is 14.7. The highest BCUT2D eigenvalue weighted by molar-refractivity contribution is 5.92. The summed E-state index contributed by atoms with van der Waals surface area (Å²) in [6.45, 7) is 4.55. The summed E-state index contributed by atoms with van der Waals surface area (Å²) in [4.78, 5) is 21.1. The van der Waals surface area contributed by atoms with E-state index in [1.54, 1.807) is 21.4 Å². The Labute approximate surface area is 154 Å². The van der Waals surface area contributed by atoms with Crippen LogP contribution in [0.5, 0.6) is 0 Å². The van der Waals surface area contributed by atoms with Gasteiger partial charge in [0, 0.05) is 26.2 Å². The minimum atomic E-state index is -0.0647. The molecule has 5 heterocycles. The molecule has 0 unspecified atom stereocenters.